The van der Waals surface area contributed by atoms with Crippen molar-refractivity contribution in [2.45, 2.75) is 59.0 Å². The Balaban J connectivity index is 1.72. The largest absolute Gasteiger partial charge is 0.353 e. The number of amides is 1. The summed E-state index contributed by atoms with van der Waals surface area (Å²) < 4.78 is 0. The molecule has 1 aliphatic heterocycles. The van der Waals surface area contributed by atoms with Crippen molar-refractivity contribution in [3.05, 3.63) is 17.3 Å². The standard InChI is InChI=1S/C19H26N4OS/c1-5-12-9-14-17(20-10-21-18(14)25-12)23-8-6-7-13-15(22-11(2)24)19(3,4)16(13)23/h9-10,13,15-16H,5-8H2,1-4H3,(H,22,24). The zero-order valence-corrected chi connectivity index (χ0v) is 16.2. The fourth-order valence-corrected chi connectivity index (χ4v) is 5.92. The zero-order valence-electron chi connectivity index (χ0n) is 15.4. The average molecular weight is 359 g/mol. The van der Waals surface area contributed by atoms with E-state index in [1.165, 1.54) is 16.7 Å². The lowest BCUT2D eigenvalue weighted by atomic mass is 9.52. The predicted octanol–water partition coefficient (Wildman–Crippen LogP) is 3.38. The Kier molecular flexibility index (Phi) is 3.98. The van der Waals surface area contributed by atoms with E-state index in [-0.39, 0.29) is 17.4 Å². The van der Waals surface area contributed by atoms with Gasteiger partial charge in [0, 0.05) is 41.8 Å². The van der Waals surface area contributed by atoms with Crippen molar-refractivity contribution in [2.75, 3.05) is 11.4 Å². The van der Waals surface area contributed by atoms with Crippen LogP contribution in [0, 0.1) is 11.3 Å². The molecular weight excluding hydrogens is 332 g/mol. The lowest BCUT2D eigenvalue weighted by molar-refractivity contribution is -0.125. The first-order chi connectivity index (χ1) is 11.9. The fourth-order valence-electron chi connectivity index (χ4n) is 4.99. The van der Waals surface area contributed by atoms with E-state index in [1.807, 2.05) is 0 Å². The van der Waals surface area contributed by atoms with Crippen molar-refractivity contribution < 1.29 is 4.79 Å². The van der Waals surface area contributed by atoms with Crippen molar-refractivity contribution in [3.63, 3.8) is 0 Å². The van der Waals surface area contributed by atoms with Crippen molar-refractivity contribution in [1.29, 1.82) is 0 Å². The summed E-state index contributed by atoms with van der Waals surface area (Å²) in [6.07, 6.45) is 5.05. The van der Waals surface area contributed by atoms with E-state index >= 15 is 0 Å². The van der Waals surface area contributed by atoms with Gasteiger partial charge in [-0.1, -0.05) is 20.8 Å². The van der Waals surface area contributed by atoms with Gasteiger partial charge in [-0.25, -0.2) is 9.97 Å². The smallest absolute Gasteiger partial charge is 0.217 e. The van der Waals surface area contributed by atoms with Gasteiger partial charge in [-0.3, -0.25) is 4.79 Å². The maximum Gasteiger partial charge on any atom is 0.217 e. The highest BCUT2D eigenvalue weighted by Gasteiger charge is 2.60. The molecular formula is C19H26N4OS. The highest BCUT2D eigenvalue weighted by molar-refractivity contribution is 7.18. The van der Waals surface area contributed by atoms with E-state index in [1.54, 1.807) is 24.6 Å². The summed E-state index contributed by atoms with van der Waals surface area (Å²) in [7, 11) is 0. The SMILES string of the molecule is CCc1cc2c(N3CCCC4C(NC(C)=O)C(C)(C)C43)ncnc2s1. The third-order valence-electron chi connectivity index (χ3n) is 6.01. The highest BCUT2D eigenvalue weighted by Crippen LogP contribution is 2.53. The number of anilines is 1. The van der Waals surface area contributed by atoms with Crippen molar-refractivity contribution in [1.82, 2.24) is 15.3 Å². The van der Waals surface area contributed by atoms with Crippen LogP contribution in [0.15, 0.2) is 12.4 Å². The third-order valence-corrected chi connectivity index (χ3v) is 7.20. The molecule has 0 spiro atoms. The van der Waals surface area contributed by atoms with Crippen LogP contribution in [0.1, 0.15) is 45.4 Å². The number of aryl methyl sites for hydroxylation is 1. The first-order valence-electron chi connectivity index (χ1n) is 9.20. The summed E-state index contributed by atoms with van der Waals surface area (Å²) in [6.45, 7) is 9.38. The number of rotatable bonds is 3. The second-order valence-electron chi connectivity index (χ2n) is 7.93. The number of fused-ring (bicyclic) bond motifs is 2. The Labute approximate surface area is 152 Å². The Hall–Kier alpha value is -1.69. The van der Waals surface area contributed by atoms with Crippen molar-refractivity contribution >= 4 is 33.3 Å². The first kappa shape index (κ1) is 16.8. The van der Waals surface area contributed by atoms with E-state index in [2.05, 4.69) is 47.0 Å². The van der Waals surface area contributed by atoms with E-state index in [9.17, 15) is 4.79 Å². The van der Waals surface area contributed by atoms with Gasteiger partial charge in [-0.15, -0.1) is 11.3 Å². The van der Waals surface area contributed by atoms with Gasteiger partial charge in [-0.2, -0.15) is 0 Å². The van der Waals surface area contributed by atoms with Crippen LogP contribution >= 0.6 is 11.3 Å². The highest BCUT2D eigenvalue weighted by atomic mass is 32.1. The van der Waals surface area contributed by atoms with Crippen LogP contribution in [-0.4, -0.2) is 34.5 Å². The van der Waals surface area contributed by atoms with Gasteiger partial charge in [0.05, 0.1) is 5.39 Å². The van der Waals surface area contributed by atoms with Gasteiger partial charge < -0.3 is 10.2 Å². The maximum absolute atomic E-state index is 11.6. The minimum absolute atomic E-state index is 0.0393. The second-order valence-corrected chi connectivity index (χ2v) is 9.04. The van der Waals surface area contributed by atoms with Gasteiger partial charge in [0.15, 0.2) is 0 Å². The van der Waals surface area contributed by atoms with Crippen LogP contribution in [-0.2, 0) is 11.2 Å². The number of nitrogens with one attached hydrogen (secondary N) is 1. The fraction of sp³-hybridized carbons (Fsp3) is 0.632. The van der Waals surface area contributed by atoms with Gasteiger partial charge in [0.1, 0.15) is 17.0 Å². The lowest BCUT2D eigenvalue weighted by Crippen LogP contribution is -2.74. The van der Waals surface area contributed by atoms with Crippen LogP contribution in [0.3, 0.4) is 0 Å². The summed E-state index contributed by atoms with van der Waals surface area (Å²) in [6, 6.07) is 2.93. The van der Waals surface area contributed by atoms with Crippen molar-refractivity contribution in [3.8, 4) is 0 Å². The molecule has 1 saturated heterocycles. The molecule has 0 bridgehead atoms. The molecule has 2 aromatic rings. The molecule has 2 fully saturated rings. The summed E-state index contributed by atoms with van der Waals surface area (Å²) in [5, 5.41) is 4.38. The molecule has 3 unspecified atom stereocenters. The molecule has 1 N–H and O–H groups in total. The minimum Gasteiger partial charge on any atom is -0.353 e. The number of thiophene rings is 1. The zero-order chi connectivity index (χ0) is 17.8. The van der Waals surface area contributed by atoms with Crippen LogP contribution in [0.4, 0.5) is 5.82 Å². The molecule has 1 aliphatic carbocycles. The van der Waals surface area contributed by atoms with Gasteiger partial charge in [0.2, 0.25) is 5.91 Å². The Morgan fingerprint density at radius 3 is 2.96 bits per heavy atom. The first-order valence-corrected chi connectivity index (χ1v) is 10.0. The number of nitrogens with zero attached hydrogens (tertiary/aromatic N) is 3. The van der Waals surface area contributed by atoms with Crippen LogP contribution in [0.25, 0.3) is 10.2 Å². The number of aromatic nitrogens is 2. The third kappa shape index (κ3) is 2.53. The number of carbonyl (C=O) groups excluding carboxylic acids is 1. The summed E-state index contributed by atoms with van der Waals surface area (Å²) in [5.74, 6) is 1.65. The Morgan fingerprint density at radius 1 is 1.44 bits per heavy atom. The minimum atomic E-state index is 0.0393. The molecule has 2 aliphatic rings. The van der Waals surface area contributed by atoms with Gasteiger partial charge in [0.25, 0.3) is 0 Å². The molecule has 6 heteroatoms. The van der Waals surface area contributed by atoms with Gasteiger partial charge in [-0.05, 0) is 25.3 Å². The Morgan fingerprint density at radius 2 is 2.24 bits per heavy atom. The molecule has 0 radical (unpaired) electrons. The topological polar surface area (TPSA) is 58.1 Å². The van der Waals surface area contributed by atoms with E-state index in [0.29, 0.717) is 12.0 Å². The molecule has 3 atom stereocenters. The second kappa shape index (κ2) is 5.94. The molecule has 3 heterocycles. The number of hydrogen-bond acceptors (Lipinski definition) is 5. The molecule has 0 aromatic carbocycles. The molecule has 1 saturated carbocycles. The number of carbonyl (C=O) groups is 1. The monoisotopic (exact) mass is 358 g/mol. The van der Waals surface area contributed by atoms with E-state index in [0.717, 1.165) is 30.0 Å². The molecule has 5 nitrogen and oxygen atoms in total. The van der Waals surface area contributed by atoms with Crippen LogP contribution in [0.5, 0.6) is 0 Å². The molecule has 1 amide bonds. The summed E-state index contributed by atoms with van der Waals surface area (Å²) in [4.78, 5) is 25.7. The van der Waals surface area contributed by atoms with E-state index in [4.69, 9.17) is 0 Å². The van der Waals surface area contributed by atoms with Crippen LogP contribution in [0.2, 0.25) is 0 Å². The summed E-state index contributed by atoms with van der Waals surface area (Å²) >= 11 is 1.77. The van der Waals surface area contributed by atoms with E-state index < -0.39 is 0 Å². The molecule has 2 aromatic heterocycles. The molecule has 25 heavy (non-hydrogen) atoms. The number of piperidine rings is 1. The van der Waals surface area contributed by atoms with Crippen molar-refractivity contribution in [2.24, 2.45) is 11.3 Å². The predicted molar refractivity (Wildman–Crippen MR) is 102 cm³/mol. The van der Waals surface area contributed by atoms with Gasteiger partial charge >= 0.3 is 0 Å². The molecule has 134 valence electrons. The normalized spacial score (nSPS) is 27.7. The van der Waals surface area contributed by atoms with Crippen LogP contribution < -0.4 is 10.2 Å². The average Bonchev–Trinajstić information content (AvgIpc) is 3.02. The summed E-state index contributed by atoms with van der Waals surface area (Å²) in [5.41, 5.74) is 0.0393. The lowest BCUT2D eigenvalue weighted by Gasteiger charge is -2.64. The number of hydrogen-bond donors (Lipinski definition) is 1. The maximum atomic E-state index is 11.6. The molecule has 4 rings (SSSR count). The quantitative estimate of drug-likeness (QED) is 0.914. The Bertz CT molecular complexity index is 815.